The monoisotopic (exact) mass is 241 g/mol. The molecule has 0 saturated carbocycles. The molecular weight excluding hydrogens is 230 g/mol. The van der Waals surface area contributed by atoms with E-state index in [-0.39, 0.29) is 0 Å². The van der Waals surface area contributed by atoms with Crippen molar-refractivity contribution in [2.45, 2.75) is 0 Å². The Bertz CT molecular complexity index is 547. The SMILES string of the molecule is O=C(O)C=Cc1ccc(Oc2cccnc2)cc1. The van der Waals surface area contributed by atoms with Gasteiger partial charge < -0.3 is 9.84 Å². The number of nitrogens with zero attached hydrogens (tertiary/aromatic N) is 1. The first kappa shape index (κ1) is 11.9. The molecule has 0 saturated heterocycles. The number of hydrogen-bond donors (Lipinski definition) is 1. The predicted molar refractivity (Wildman–Crippen MR) is 67.4 cm³/mol. The average molecular weight is 241 g/mol. The van der Waals surface area contributed by atoms with Crippen LogP contribution in [0.2, 0.25) is 0 Å². The molecule has 0 fully saturated rings. The van der Waals surface area contributed by atoms with Crippen LogP contribution in [0, 0.1) is 0 Å². The summed E-state index contributed by atoms with van der Waals surface area (Å²) in [6.45, 7) is 0. The van der Waals surface area contributed by atoms with Crippen LogP contribution < -0.4 is 4.74 Å². The van der Waals surface area contributed by atoms with E-state index in [1.54, 1.807) is 42.7 Å². The van der Waals surface area contributed by atoms with Crippen LogP contribution in [-0.2, 0) is 4.79 Å². The van der Waals surface area contributed by atoms with E-state index in [9.17, 15) is 4.79 Å². The van der Waals surface area contributed by atoms with Gasteiger partial charge in [-0.05, 0) is 35.9 Å². The summed E-state index contributed by atoms with van der Waals surface area (Å²) in [7, 11) is 0. The van der Waals surface area contributed by atoms with Gasteiger partial charge >= 0.3 is 5.97 Å². The molecule has 0 aliphatic rings. The fourth-order valence-corrected chi connectivity index (χ4v) is 1.36. The summed E-state index contributed by atoms with van der Waals surface area (Å²) in [5.74, 6) is 0.368. The lowest BCUT2D eigenvalue weighted by Gasteiger charge is -2.04. The zero-order valence-corrected chi connectivity index (χ0v) is 9.48. The second kappa shape index (κ2) is 5.63. The molecule has 1 N–H and O–H groups in total. The van der Waals surface area contributed by atoms with Crippen LogP contribution in [0.4, 0.5) is 0 Å². The van der Waals surface area contributed by atoms with Crippen molar-refractivity contribution >= 4 is 12.0 Å². The first-order valence-electron chi connectivity index (χ1n) is 5.33. The van der Waals surface area contributed by atoms with Gasteiger partial charge in [0.25, 0.3) is 0 Å². The number of carbonyl (C=O) groups is 1. The molecule has 0 radical (unpaired) electrons. The Morgan fingerprint density at radius 1 is 1.17 bits per heavy atom. The third-order valence-corrected chi connectivity index (χ3v) is 2.17. The number of ether oxygens (including phenoxy) is 1. The minimum absolute atomic E-state index is 0.659. The normalized spacial score (nSPS) is 10.4. The van der Waals surface area contributed by atoms with Gasteiger partial charge in [0.15, 0.2) is 0 Å². The molecule has 0 atom stereocenters. The highest BCUT2D eigenvalue weighted by Gasteiger charge is 1.96. The van der Waals surface area contributed by atoms with Crippen molar-refractivity contribution in [2.75, 3.05) is 0 Å². The first-order chi connectivity index (χ1) is 8.74. The molecule has 0 aliphatic carbocycles. The fraction of sp³-hybridized carbons (Fsp3) is 0. The number of benzene rings is 1. The van der Waals surface area contributed by atoms with Gasteiger partial charge in [0.1, 0.15) is 11.5 Å². The van der Waals surface area contributed by atoms with Crippen LogP contribution in [-0.4, -0.2) is 16.1 Å². The van der Waals surface area contributed by atoms with Crippen molar-refractivity contribution in [3.05, 3.63) is 60.4 Å². The van der Waals surface area contributed by atoms with Crippen molar-refractivity contribution < 1.29 is 14.6 Å². The number of pyridine rings is 1. The second-order valence-electron chi connectivity index (χ2n) is 3.53. The molecule has 0 spiro atoms. The fourth-order valence-electron chi connectivity index (χ4n) is 1.36. The Kier molecular flexibility index (Phi) is 3.71. The topological polar surface area (TPSA) is 59.4 Å². The summed E-state index contributed by atoms with van der Waals surface area (Å²) >= 11 is 0. The number of aliphatic carboxylic acids is 1. The summed E-state index contributed by atoms with van der Waals surface area (Å²) in [4.78, 5) is 14.3. The summed E-state index contributed by atoms with van der Waals surface area (Å²) < 4.78 is 5.56. The molecule has 90 valence electrons. The summed E-state index contributed by atoms with van der Waals surface area (Å²) in [5.41, 5.74) is 0.802. The highest BCUT2D eigenvalue weighted by molar-refractivity contribution is 5.85. The van der Waals surface area contributed by atoms with Gasteiger partial charge in [-0.2, -0.15) is 0 Å². The van der Waals surface area contributed by atoms with E-state index in [2.05, 4.69) is 4.98 Å². The number of rotatable bonds is 4. The smallest absolute Gasteiger partial charge is 0.328 e. The van der Waals surface area contributed by atoms with Gasteiger partial charge in [0.2, 0.25) is 0 Å². The molecule has 0 unspecified atom stereocenters. The van der Waals surface area contributed by atoms with Crippen molar-refractivity contribution in [2.24, 2.45) is 0 Å². The molecule has 2 aromatic rings. The Hall–Kier alpha value is -2.62. The average Bonchev–Trinajstić information content (AvgIpc) is 2.39. The molecule has 2 rings (SSSR count). The molecule has 4 nitrogen and oxygen atoms in total. The Balaban J connectivity index is 2.06. The third-order valence-electron chi connectivity index (χ3n) is 2.17. The molecule has 0 bridgehead atoms. The van der Waals surface area contributed by atoms with Gasteiger partial charge in [-0.25, -0.2) is 4.79 Å². The van der Waals surface area contributed by atoms with Gasteiger partial charge in [0, 0.05) is 12.3 Å². The highest BCUT2D eigenvalue weighted by atomic mass is 16.5. The lowest BCUT2D eigenvalue weighted by Crippen LogP contribution is -1.86. The van der Waals surface area contributed by atoms with Crippen LogP contribution in [0.15, 0.2) is 54.9 Å². The standard InChI is InChI=1S/C14H11NO3/c16-14(17)8-5-11-3-6-12(7-4-11)18-13-2-1-9-15-10-13/h1-10H,(H,16,17). The highest BCUT2D eigenvalue weighted by Crippen LogP contribution is 2.20. The molecule has 0 amide bonds. The zero-order chi connectivity index (χ0) is 12.8. The lowest BCUT2D eigenvalue weighted by molar-refractivity contribution is -0.131. The van der Waals surface area contributed by atoms with E-state index in [1.807, 2.05) is 6.07 Å². The number of hydrogen-bond acceptors (Lipinski definition) is 3. The summed E-state index contributed by atoms with van der Waals surface area (Å²) in [6, 6.07) is 10.7. The maximum atomic E-state index is 10.4. The molecule has 1 aromatic carbocycles. The van der Waals surface area contributed by atoms with E-state index < -0.39 is 5.97 Å². The number of aromatic nitrogens is 1. The Morgan fingerprint density at radius 2 is 1.94 bits per heavy atom. The largest absolute Gasteiger partial charge is 0.478 e. The van der Waals surface area contributed by atoms with Crippen LogP contribution in [0.1, 0.15) is 5.56 Å². The van der Waals surface area contributed by atoms with Crippen LogP contribution >= 0.6 is 0 Å². The molecule has 1 heterocycles. The minimum Gasteiger partial charge on any atom is -0.478 e. The van der Waals surface area contributed by atoms with Crippen molar-refractivity contribution in [3.8, 4) is 11.5 Å². The third kappa shape index (κ3) is 3.45. The van der Waals surface area contributed by atoms with Gasteiger partial charge in [-0.15, -0.1) is 0 Å². The van der Waals surface area contributed by atoms with E-state index >= 15 is 0 Å². The van der Waals surface area contributed by atoms with Crippen LogP contribution in [0.3, 0.4) is 0 Å². The molecule has 0 aliphatic heterocycles. The Morgan fingerprint density at radius 3 is 2.56 bits per heavy atom. The van der Waals surface area contributed by atoms with Crippen molar-refractivity contribution in [1.82, 2.24) is 4.98 Å². The molecule has 4 heteroatoms. The molecule has 18 heavy (non-hydrogen) atoms. The van der Waals surface area contributed by atoms with E-state index in [0.29, 0.717) is 11.5 Å². The van der Waals surface area contributed by atoms with Crippen LogP contribution in [0.5, 0.6) is 11.5 Å². The van der Waals surface area contributed by atoms with E-state index in [1.165, 1.54) is 6.08 Å². The van der Waals surface area contributed by atoms with Gasteiger partial charge in [-0.1, -0.05) is 12.1 Å². The van der Waals surface area contributed by atoms with Crippen molar-refractivity contribution in [3.63, 3.8) is 0 Å². The molecule has 1 aromatic heterocycles. The summed E-state index contributed by atoms with van der Waals surface area (Å²) in [6.07, 6.45) is 5.91. The maximum Gasteiger partial charge on any atom is 0.328 e. The Labute approximate surface area is 104 Å². The van der Waals surface area contributed by atoms with Gasteiger partial charge in [-0.3, -0.25) is 4.98 Å². The quantitative estimate of drug-likeness (QED) is 0.836. The molecular formula is C14H11NO3. The first-order valence-corrected chi connectivity index (χ1v) is 5.33. The minimum atomic E-state index is -0.967. The van der Waals surface area contributed by atoms with E-state index in [4.69, 9.17) is 9.84 Å². The van der Waals surface area contributed by atoms with Crippen LogP contribution in [0.25, 0.3) is 6.08 Å². The lowest BCUT2D eigenvalue weighted by atomic mass is 10.2. The van der Waals surface area contributed by atoms with E-state index in [0.717, 1.165) is 11.6 Å². The summed E-state index contributed by atoms with van der Waals surface area (Å²) in [5, 5.41) is 8.51. The number of carboxylic acid groups (broad SMARTS) is 1. The van der Waals surface area contributed by atoms with Gasteiger partial charge in [0.05, 0.1) is 6.20 Å². The number of carboxylic acids is 1. The predicted octanol–water partition coefficient (Wildman–Crippen LogP) is 2.97. The van der Waals surface area contributed by atoms with Crippen molar-refractivity contribution in [1.29, 1.82) is 0 Å². The zero-order valence-electron chi connectivity index (χ0n) is 9.48. The maximum absolute atomic E-state index is 10.4. The second-order valence-corrected chi connectivity index (χ2v) is 3.53.